The first-order valence-corrected chi connectivity index (χ1v) is 6.58. The molecule has 79 valence electrons. The summed E-state index contributed by atoms with van der Waals surface area (Å²) in [6.07, 6.45) is 13.2. The Morgan fingerprint density at radius 2 is 2.14 bits per heavy atom. The van der Waals surface area contributed by atoms with Gasteiger partial charge in [-0.1, -0.05) is 20.3 Å². The van der Waals surface area contributed by atoms with E-state index in [1.165, 1.54) is 32.1 Å². The fraction of sp³-hybridized carbons (Fsp3) is 0.929. The van der Waals surface area contributed by atoms with Crippen molar-refractivity contribution in [2.75, 3.05) is 0 Å². The van der Waals surface area contributed by atoms with Gasteiger partial charge in [0.1, 0.15) is 0 Å². The molecule has 0 heteroatoms. The third-order valence-corrected chi connectivity index (χ3v) is 6.18. The quantitative estimate of drug-likeness (QED) is 0.613. The molecule has 0 spiro atoms. The molecule has 0 heterocycles. The Kier molecular flexibility index (Phi) is 1.83. The monoisotopic (exact) mass is 191 g/mol. The molecule has 3 saturated carbocycles. The van der Waals surface area contributed by atoms with Gasteiger partial charge in [0, 0.05) is 0 Å². The van der Waals surface area contributed by atoms with Gasteiger partial charge in [0.25, 0.3) is 0 Å². The highest BCUT2D eigenvalue weighted by Gasteiger charge is 2.65. The summed E-state index contributed by atoms with van der Waals surface area (Å²) < 4.78 is 0. The normalized spacial score (nSPS) is 55.3. The van der Waals surface area contributed by atoms with E-state index in [2.05, 4.69) is 20.3 Å². The van der Waals surface area contributed by atoms with E-state index in [4.69, 9.17) is 0 Å². The predicted octanol–water partition coefficient (Wildman–Crippen LogP) is 4.21. The zero-order valence-corrected chi connectivity index (χ0v) is 9.68. The first kappa shape index (κ1) is 9.24. The van der Waals surface area contributed by atoms with E-state index < -0.39 is 0 Å². The van der Waals surface area contributed by atoms with Crippen molar-refractivity contribution in [1.82, 2.24) is 0 Å². The molecule has 0 aromatic rings. The van der Waals surface area contributed by atoms with Crippen LogP contribution in [0.4, 0.5) is 0 Å². The van der Waals surface area contributed by atoms with Crippen LogP contribution in [0.2, 0.25) is 0 Å². The highest BCUT2D eigenvalue weighted by Crippen LogP contribution is 2.74. The molecule has 3 fully saturated rings. The first-order valence-electron chi connectivity index (χ1n) is 6.58. The van der Waals surface area contributed by atoms with Crippen LogP contribution >= 0.6 is 0 Å². The Labute approximate surface area is 88.5 Å². The van der Waals surface area contributed by atoms with E-state index in [-0.39, 0.29) is 0 Å². The molecule has 4 atom stereocenters. The van der Waals surface area contributed by atoms with E-state index in [1.54, 1.807) is 12.8 Å². The fourth-order valence-corrected chi connectivity index (χ4v) is 5.66. The van der Waals surface area contributed by atoms with E-state index in [9.17, 15) is 0 Å². The Bertz CT molecular complexity index is 244. The number of hydrogen-bond donors (Lipinski definition) is 0. The molecule has 3 rings (SSSR count). The summed E-state index contributed by atoms with van der Waals surface area (Å²) in [6, 6.07) is 0. The maximum Gasteiger partial charge on any atom is -0.0207 e. The molecular weight excluding hydrogens is 168 g/mol. The standard InChI is InChI=1S/C14H23/c1-3-13-9-7-11(10-13)12-6-5-8-14(12,13)4-2/h3,11-12H,4-10H2,1-2H3. The van der Waals surface area contributed by atoms with Gasteiger partial charge in [-0.25, -0.2) is 0 Å². The van der Waals surface area contributed by atoms with Gasteiger partial charge in [0.05, 0.1) is 0 Å². The van der Waals surface area contributed by atoms with Crippen molar-refractivity contribution in [3.05, 3.63) is 6.42 Å². The van der Waals surface area contributed by atoms with Gasteiger partial charge in [0.15, 0.2) is 0 Å². The van der Waals surface area contributed by atoms with Crippen LogP contribution in [0.1, 0.15) is 58.8 Å². The van der Waals surface area contributed by atoms with Crippen molar-refractivity contribution in [2.45, 2.75) is 58.8 Å². The van der Waals surface area contributed by atoms with Gasteiger partial charge in [0.2, 0.25) is 0 Å². The summed E-state index contributed by atoms with van der Waals surface area (Å²) in [5.74, 6) is 2.21. The van der Waals surface area contributed by atoms with Gasteiger partial charge in [-0.05, 0) is 67.6 Å². The predicted molar refractivity (Wildman–Crippen MR) is 59.8 cm³/mol. The average molecular weight is 191 g/mol. The second-order valence-corrected chi connectivity index (χ2v) is 5.96. The Morgan fingerprint density at radius 3 is 2.86 bits per heavy atom. The van der Waals surface area contributed by atoms with E-state index in [1.807, 2.05) is 0 Å². The van der Waals surface area contributed by atoms with Crippen molar-refractivity contribution in [2.24, 2.45) is 22.7 Å². The third kappa shape index (κ3) is 0.785. The summed E-state index contributed by atoms with van der Waals surface area (Å²) in [5.41, 5.74) is 1.43. The summed E-state index contributed by atoms with van der Waals surface area (Å²) in [4.78, 5) is 0. The van der Waals surface area contributed by atoms with Crippen LogP contribution < -0.4 is 0 Å². The molecule has 0 aliphatic heterocycles. The summed E-state index contributed by atoms with van der Waals surface area (Å²) in [6.45, 7) is 4.78. The molecule has 0 aromatic heterocycles. The topological polar surface area (TPSA) is 0 Å². The first-order chi connectivity index (χ1) is 6.78. The Balaban J connectivity index is 2.04. The van der Waals surface area contributed by atoms with Crippen molar-refractivity contribution in [3.63, 3.8) is 0 Å². The lowest BCUT2D eigenvalue weighted by Gasteiger charge is -2.47. The molecule has 3 aliphatic rings. The number of hydrogen-bond acceptors (Lipinski definition) is 0. The molecule has 0 amide bonds. The fourth-order valence-electron chi connectivity index (χ4n) is 5.66. The maximum absolute atomic E-state index is 2.60. The van der Waals surface area contributed by atoms with Crippen molar-refractivity contribution >= 4 is 0 Å². The lowest BCUT2D eigenvalue weighted by Crippen LogP contribution is -2.40. The maximum atomic E-state index is 2.60. The molecule has 0 aromatic carbocycles. The van der Waals surface area contributed by atoms with Crippen LogP contribution in [0, 0.1) is 29.1 Å². The Hall–Kier alpha value is 0. The zero-order valence-electron chi connectivity index (χ0n) is 9.68. The summed E-state index contributed by atoms with van der Waals surface area (Å²) in [7, 11) is 0. The minimum absolute atomic E-state index is 0.674. The van der Waals surface area contributed by atoms with Gasteiger partial charge in [-0.2, -0.15) is 0 Å². The second-order valence-electron chi connectivity index (χ2n) is 5.96. The molecule has 14 heavy (non-hydrogen) atoms. The molecule has 0 N–H and O–H groups in total. The minimum Gasteiger partial charge on any atom is -0.0648 e. The van der Waals surface area contributed by atoms with Crippen LogP contribution in [-0.2, 0) is 0 Å². The van der Waals surface area contributed by atoms with Gasteiger partial charge in [-0.3, -0.25) is 0 Å². The summed E-state index contributed by atoms with van der Waals surface area (Å²) in [5, 5.41) is 0. The SMILES string of the molecule is C[CH]C12CCC(C1)C1CCCC12CC. The Morgan fingerprint density at radius 1 is 1.29 bits per heavy atom. The molecule has 3 aliphatic carbocycles. The number of rotatable bonds is 2. The van der Waals surface area contributed by atoms with Crippen LogP contribution in [0.3, 0.4) is 0 Å². The highest BCUT2D eigenvalue weighted by molar-refractivity contribution is 5.19. The van der Waals surface area contributed by atoms with Crippen LogP contribution in [-0.4, -0.2) is 0 Å². The third-order valence-electron chi connectivity index (χ3n) is 6.18. The molecule has 4 unspecified atom stereocenters. The average Bonchev–Trinajstić information content (AvgIpc) is 2.88. The molecule has 0 saturated heterocycles. The van der Waals surface area contributed by atoms with Gasteiger partial charge >= 0.3 is 0 Å². The van der Waals surface area contributed by atoms with E-state index in [0.29, 0.717) is 5.41 Å². The van der Waals surface area contributed by atoms with Crippen molar-refractivity contribution < 1.29 is 0 Å². The van der Waals surface area contributed by atoms with Crippen LogP contribution in [0.5, 0.6) is 0 Å². The smallest absolute Gasteiger partial charge is 0.0207 e. The lowest BCUT2D eigenvalue weighted by molar-refractivity contribution is 0.0427. The van der Waals surface area contributed by atoms with Crippen molar-refractivity contribution in [1.29, 1.82) is 0 Å². The largest absolute Gasteiger partial charge is 0.0648 e. The van der Waals surface area contributed by atoms with Gasteiger partial charge in [-0.15, -0.1) is 0 Å². The lowest BCUT2D eigenvalue weighted by atomic mass is 9.57. The zero-order chi connectivity index (χ0) is 9.81. The second kappa shape index (κ2) is 2.77. The van der Waals surface area contributed by atoms with Crippen LogP contribution in [0.15, 0.2) is 0 Å². The van der Waals surface area contributed by atoms with Gasteiger partial charge < -0.3 is 0 Å². The minimum atomic E-state index is 0.674. The van der Waals surface area contributed by atoms with Crippen molar-refractivity contribution in [3.8, 4) is 0 Å². The molecule has 0 nitrogen and oxygen atoms in total. The van der Waals surface area contributed by atoms with Crippen LogP contribution in [0.25, 0.3) is 0 Å². The number of fused-ring (bicyclic) bond motifs is 5. The van der Waals surface area contributed by atoms with E-state index in [0.717, 1.165) is 17.3 Å². The van der Waals surface area contributed by atoms with E-state index >= 15 is 0 Å². The molecule has 1 radical (unpaired) electrons. The molecule has 2 bridgehead atoms. The summed E-state index contributed by atoms with van der Waals surface area (Å²) >= 11 is 0. The highest BCUT2D eigenvalue weighted by atomic mass is 14.7. The molecular formula is C14H23.